The summed E-state index contributed by atoms with van der Waals surface area (Å²) in [6, 6.07) is 4.93. The van der Waals surface area contributed by atoms with Crippen molar-refractivity contribution in [2.24, 2.45) is 14.1 Å². The van der Waals surface area contributed by atoms with Crippen molar-refractivity contribution in [2.45, 2.75) is 26.8 Å². The average molecular weight is 340 g/mol. The summed E-state index contributed by atoms with van der Waals surface area (Å²) in [4.78, 5) is 41.6. The molecule has 0 spiro atoms. The third-order valence-electron chi connectivity index (χ3n) is 4.76. The van der Waals surface area contributed by atoms with Gasteiger partial charge >= 0.3 is 5.69 Å². The van der Waals surface area contributed by atoms with E-state index < -0.39 is 17.3 Å². The number of carbonyl (C=O) groups excluding carboxylic acids is 1. The van der Waals surface area contributed by atoms with E-state index in [1.54, 1.807) is 20.0 Å². The second-order valence-electron chi connectivity index (χ2n) is 6.37. The summed E-state index contributed by atoms with van der Waals surface area (Å²) in [6.45, 7) is 5.67. The highest BCUT2D eigenvalue weighted by Crippen LogP contribution is 2.20. The molecular weight excluding hydrogens is 320 g/mol. The van der Waals surface area contributed by atoms with Crippen LogP contribution in [0.2, 0.25) is 0 Å². The van der Waals surface area contributed by atoms with E-state index in [4.69, 9.17) is 0 Å². The van der Waals surface area contributed by atoms with E-state index in [1.165, 1.54) is 22.5 Å². The number of hydrogen-bond acceptors (Lipinski definition) is 4. The molecule has 0 aliphatic carbocycles. The molecule has 2 heterocycles. The van der Waals surface area contributed by atoms with Crippen molar-refractivity contribution in [3.63, 3.8) is 0 Å². The maximum absolute atomic E-state index is 12.9. The van der Waals surface area contributed by atoms with Crippen molar-refractivity contribution >= 4 is 16.9 Å². The van der Waals surface area contributed by atoms with Gasteiger partial charge in [-0.3, -0.25) is 18.7 Å². The average Bonchev–Trinajstić information content (AvgIpc) is 3.04. The zero-order valence-electron chi connectivity index (χ0n) is 14.9. The highest BCUT2D eigenvalue weighted by molar-refractivity contribution is 5.99. The predicted molar refractivity (Wildman–Crippen MR) is 95.2 cm³/mol. The number of fused-ring (bicyclic) bond motifs is 1. The summed E-state index contributed by atoms with van der Waals surface area (Å²) < 4.78 is 3.86. The molecule has 3 rings (SSSR count). The van der Waals surface area contributed by atoms with Crippen LogP contribution in [0.4, 0.5) is 0 Å². The number of ketones is 1. The molecule has 7 heteroatoms. The molecule has 130 valence electrons. The Balaban J connectivity index is 2.16. The fourth-order valence-corrected chi connectivity index (χ4v) is 2.92. The molecule has 1 aromatic carbocycles. The van der Waals surface area contributed by atoms with Crippen LogP contribution in [0.1, 0.15) is 34.5 Å². The molecule has 0 aliphatic heterocycles. The maximum atomic E-state index is 12.9. The zero-order chi connectivity index (χ0) is 18.5. The van der Waals surface area contributed by atoms with Crippen molar-refractivity contribution < 1.29 is 4.79 Å². The molecular formula is C18H20N4O3. The first-order valence-corrected chi connectivity index (χ1v) is 7.98. The smallest absolute Gasteiger partial charge is 0.314 e. The number of hydrogen-bond donors (Lipinski definition) is 0. The minimum atomic E-state index is -0.614. The van der Waals surface area contributed by atoms with Crippen molar-refractivity contribution in [1.82, 2.24) is 18.7 Å². The van der Waals surface area contributed by atoms with Crippen LogP contribution in [0.15, 0.2) is 34.1 Å². The van der Waals surface area contributed by atoms with Crippen LogP contribution in [-0.4, -0.2) is 24.5 Å². The van der Waals surface area contributed by atoms with Crippen molar-refractivity contribution in [3.05, 3.63) is 62.1 Å². The third kappa shape index (κ3) is 2.52. The van der Waals surface area contributed by atoms with Gasteiger partial charge < -0.3 is 4.57 Å². The number of rotatable bonds is 3. The quantitative estimate of drug-likeness (QED) is 0.677. The van der Waals surface area contributed by atoms with Crippen LogP contribution in [0.25, 0.3) is 11.2 Å². The summed E-state index contributed by atoms with van der Waals surface area (Å²) in [5.74, 6) is -0.113. The van der Waals surface area contributed by atoms with Gasteiger partial charge in [0.2, 0.25) is 0 Å². The summed E-state index contributed by atoms with van der Waals surface area (Å²) in [6.07, 6.45) is 1.44. The van der Waals surface area contributed by atoms with Gasteiger partial charge in [0.1, 0.15) is 0 Å². The molecule has 0 unspecified atom stereocenters. The number of Topliss-reactive ketones (excluding diaryl/α,β-unsaturated/α-hetero) is 1. The highest BCUT2D eigenvalue weighted by Gasteiger charge is 2.22. The normalized spacial score (nSPS) is 12.5. The number of imidazole rings is 1. The monoisotopic (exact) mass is 340 g/mol. The number of nitrogens with zero attached hydrogens (tertiary/aromatic N) is 4. The number of benzene rings is 1. The van der Waals surface area contributed by atoms with Crippen LogP contribution in [0.3, 0.4) is 0 Å². The van der Waals surface area contributed by atoms with Gasteiger partial charge in [0.15, 0.2) is 16.9 Å². The standard InChI is InChI=1S/C18H20N4O3/c1-10-6-7-13(8-11(10)2)15(23)12(3)22-9-19-16-14(22)17(24)21(5)18(25)20(16)4/h6-9,12H,1-5H3/t12-/m0/s1. The van der Waals surface area contributed by atoms with Crippen LogP contribution >= 0.6 is 0 Å². The molecule has 3 aromatic rings. The van der Waals surface area contributed by atoms with Gasteiger partial charge in [0, 0.05) is 19.7 Å². The minimum absolute atomic E-state index is 0.113. The van der Waals surface area contributed by atoms with E-state index in [9.17, 15) is 14.4 Å². The van der Waals surface area contributed by atoms with E-state index in [2.05, 4.69) is 4.98 Å². The van der Waals surface area contributed by atoms with Crippen LogP contribution < -0.4 is 11.2 Å². The van der Waals surface area contributed by atoms with Crippen LogP contribution in [-0.2, 0) is 14.1 Å². The first-order valence-electron chi connectivity index (χ1n) is 7.98. The molecule has 25 heavy (non-hydrogen) atoms. The van der Waals surface area contributed by atoms with Crippen LogP contribution in [0, 0.1) is 13.8 Å². The molecule has 1 atom stereocenters. The Morgan fingerprint density at radius 2 is 1.76 bits per heavy atom. The maximum Gasteiger partial charge on any atom is 0.332 e. The van der Waals surface area contributed by atoms with Crippen molar-refractivity contribution in [2.75, 3.05) is 0 Å². The lowest BCUT2D eigenvalue weighted by molar-refractivity contribution is 0.0936. The Morgan fingerprint density at radius 1 is 1.08 bits per heavy atom. The lowest BCUT2D eigenvalue weighted by atomic mass is 10.0. The van der Waals surface area contributed by atoms with Gasteiger partial charge in [-0.2, -0.15) is 0 Å². The topological polar surface area (TPSA) is 78.9 Å². The zero-order valence-corrected chi connectivity index (χ0v) is 14.9. The molecule has 0 radical (unpaired) electrons. The molecule has 0 saturated heterocycles. The van der Waals surface area contributed by atoms with Gasteiger partial charge in [-0.1, -0.05) is 12.1 Å². The SMILES string of the molecule is Cc1ccc(C(=O)[C@H](C)n2cnc3c2c(=O)n(C)c(=O)n3C)cc1C. The Hall–Kier alpha value is -2.96. The van der Waals surface area contributed by atoms with Gasteiger partial charge in [0.25, 0.3) is 5.56 Å². The fourth-order valence-electron chi connectivity index (χ4n) is 2.92. The summed E-state index contributed by atoms with van der Waals surface area (Å²) in [7, 11) is 2.97. The van der Waals surface area contributed by atoms with Crippen molar-refractivity contribution in [1.29, 1.82) is 0 Å². The fraction of sp³-hybridized carbons (Fsp3) is 0.333. The Labute approximate surface area is 144 Å². The van der Waals surface area contributed by atoms with Gasteiger partial charge in [-0.25, -0.2) is 9.78 Å². The van der Waals surface area contributed by atoms with Gasteiger partial charge in [0.05, 0.1) is 12.4 Å². The van der Waals surface area contributed by atoms with E-state index in [-0.39, 0.29) is 16.9 Å². The van der Waals surface area contributed by atoms with E-state index in [0.29, 0.717) is 5.56 Å². The Kier molecular flexibility index (Phi) is 3.94. The molecule has 7 nitrogen and oxygen atoms in total. The Bertz CT molecular complexity index is 1120. The van der Waals surface area contributed by atoms with Gasteiger partial charge in [-0.05, 0) is 38.0 Å². The lowest BCUT2D eigenvalue weighted by Crippen LogP contribution is -2.38. The van der Waals surface area contributed by atoms with E-state index in [1.807, 2.05) is 26.0 Å². The third-order valence-corrected chi connectivity index (χ3v) is 4.76. The minimum Gasteiger partial charge on any atom is -0.314 e. The van der Waals surface area contributed by atoms with Gasteiger partial charge in [-0.15, -0.1) is 0 Å². The number of aryl methyl sites for hydroxylation is 3. The molecule has 0 bridgehead atoms. The first kappa shape index (κ1) is 16.9. The summed E-state index contributed by atoms with van der Waals surface area (Å²) in [5, 5.41) is 0. The highest BCUT2D eigenvalue weighted by atomic mass is 16.2. The largest absolute Gasteiger partial charge is 0.332 e. The first-order chi connectivity index (χ1) is 11.7. The second kappa shape index (κ2) is 5.84. The molecule has 0 aliphatic rings. The second-order valence-corrected chi connectivity index (χ2v) is 6.37. The van der Waals surface area contributed by atoms with E-state index >= 15 is 0 Å². The number of carbonyl (C=O) groups is 1. The van der Waals surface area contributed by atoms with Crippen LogP contribution in [0.5, 0.6) is 0 Å². The summed E-state index contributed by atoms with van der Waals surface area (Å²) >= 11 is 0. The molecule has 2 aromatic heterocycles. The predicted octanol–water partition coefficient (Wildman–Crippen LogP) is 1.49. The van der Waals surface area contributed by atoms with Crippen molar-refractivity contribution in [3.8, 4) is 0 Å². The number of aromatic nitrogens is 4. The molecule has 0 saturated carbocycles. The summed E-state index contributed by atoms with van der Waals surface area (Å²) in [5.41, 5.74) is 2.33. The molecule has 0 fully saturated rings. The molecule has 0 N–H and O–H groups in total. The van der Waals surface area contributed by atoms with E-state index in [0.717, 1.165) is 15.7 Å². The Morgan fingerprint density at radius 3 is 2.40 bits per heavy atom. The lowest BCUT2D eigenvalue weighted by Gasteiger charge is -2.14. The molecule has 0 amide bonds.